The molecule has 2 amide bonds. The van der Waals surface area contributed by atoms with Gasteiger partial charge in [-0.15, -0.1) is 0 Å². The van der Waals surface area contributed by atoms with E-state index in [-0.39, 0.29) is 17.7 Å². The Morgan fingerprint density at radius 3 is 2.40 bits per heavy atom. The van der Waals surface area contributed by atoms with Gasteiger partial charge in [0.05, 0.1) is 6.04 Å². The predicted molar refractivity (Wildman–Crippen MR) is 98.7 cm³/mol. The smallest absolute Gasteiger partial charge is 0.223 e. The highest BCUT2D eigenvalue weighted by atomic mass is 16.2. The maximum atomic E-state index is 12.6. The van der Waals surface area contributed by atoms with Gasteiger partial charge < -0.3 is 15.8 Å². The molecule has 138 valence electrons. The van der Waals surface area contributed by atoms with Crippen LogP contribution in [0.25, 0.3) is 0 Å². The molecule has 5 heteroatoms. The SMILES string of the molecule is CC(C)C[C@H](CCCCC(N)=O)C(=O)N[C@@H](C=O)Cc1ccccc1. The van der Waals surface area contributed by atoms with Crippen molar-refractivity contribution in [3.8, 4) is 0 Å². The lowest BCUT2D eigenvalue weighted by molar-refractivity contribution is -0.128. The number of rotatable bonds is 12. The fraction of sp³-hybridized carbons (Fsp3) is 0.550. The number of carbonyl (C=O) groups excluding carboxylic acids is 3. The predicted octanol–water partition coefficient (Wildman–Crippen LogP) is 2.62. The van der Waals surface area contributed by atoms with Crippen LogP contribution in [0.3, 0.4) is 0 Å². The zero-order valence-corrected chi connectivity index (χ0v) is 15.2. The van der Waals surface area contributed by atoms with Crippen LogP contribution in [0.5, 0.6) is 0 Å². The van der Waals surface area contributed by atoms with Gasteiger partial charge in [-0.05, 0) is 37.2 Å². The Kier molecular flexibility index (Phi) is 9.51. The van der Waals surface area contributed by atoms with E-state index in [0.29, 0.717) is 31.6 Å². The zero-order valence-electron chi connectivity index (χ0n) is 15.2. The van der Waals surface area contributed by atoms with Crippen molar-refractivity contribution in [2.24, 2.45) is 17.6 Å². The van der Waals surface area contributed by atoms with Crippen LogP contribution >= 0.6 is 0 Å². The molecule has 1 rings (SSSR count). The summed E-state index contributed by atoms with van der Waals surface area (Å²) in [5, 5.41) is 2.87. The molecule has 0 bridgehead atoms. The Bertz CT molecular complexity index is 543. The second-order valence-electron chi connectivity index (χ2n) is 6.98. The first kappa shape index (κ1) is 20.9. The molecule has 0 heterocycles. The molecule has 5 nitrogen and oxygen atoms in total. The van der Waals surface area contributed by atoms with Gasteiger partial charge in [-0.2, -0.15) is 0 Å². The van der Waals surface area contributed by atoms with Crippen LogP contribution in [-0.2, 0) is 20.8 Å². The fourth-order valence-corrected chi connectivity index (χ4v) is 2.92. The Labute approximate surface area is 150 Å². The Hall–Kier alpha value is -2.17. The summed E-state index contributed by atoms with van der Waals surface area (Å²) in [6.45, 7) is 4.15. The number of unbranched alkanes of at least 4 members (excludes halogenated alkanes) is 1. The van der Waals surface area contributed by atoms with Gasteiger partial charge in [0.15, 0.2) is 0 Å². The molecule has 0 unspecified atom stereocenters. The van der Waals surface area contributed by atoms with E-state index in [9.17, 15) is 14.4 Å². The van der Waals surface area contributed by atoms with E-state index < -0.39 is 6.04 Å². The third-order valence-electron chi connectivity index (χ3n) is 4.14. The molecule has 25 heavy (non-hydrogen) atoms. The molecule has 1 aromatic carbocycles. The molecular formula is C20H30N2O3. The lowest BCUT2D eigenvalue weighted by Gasteiger charge is -2.21. The summed E-state index contributed by atoms with van der Waals surface area (Å²) in [7, 11) is 0. The molecular weight excluding hydrogens is 316 g/mol. The molecule has 0 aromatic heterocycles. The average molecular weight is 346 g/mol. The monoisotopic (exact) mass is 346 g/mol. The number of hydrogen-bond donors (Lipinski definition) is 2. The molecule has 0 aliphatic rings. The number of benzene rings is 1. The zero-order chi connectivity index (χ0) is 18.7. The van der Waals surface area contributed by atoms with E-state index in [1.807, 2.05) is 30.3 Å². The number of primary amides is 1. The highest BCUT2D eigenvalue weighted by Crippen LogP contribution is 2.19. The van der Waals surface area contributed by atoms with Crippen LogP contribution in [-0.4, -0.2) is 24.1 Å². The highest BCUT2D eigenvalue weighted by molar-refractivity contribution is 5.82. The van der Waals surface area contributed by atoms with Crippen molar-refractivity contribution in [1.29, 1.82) is 0 Å². The topological polar surface area (TPSA) is 89.3 Å². The maximum absolute atomic E-state index is 12.6. The number of nitrogens with one attached hydrogen (secondary N) is 1. The largest absolute Gasteiger partial charge is 0.370 e. The van der Waals surface area contributed by atoms with Gasteiger partial charge in [-0.25, -0.2) is 0 Å². The number of carbonyl (C=O) groups is 3. The van der Waals surface area contributed by atoms with Crippen molar-refractivity contribution in [2.75, 3.05) is 0 Å². The minimum Gasteiger partial charge on any atom is -0.370 e. The van der Waals surface area contributed by atoms with Crippen LogP contribution in [0.4, 0.5) is 0 Å². The fourth-order valence-electron chi connectivity index (χ4n) is 2.92. The van der Waals surface area contributed by atoms with Crippen molar-refractivity contribution in [3.05, 3.63) is 35.9 Å². The third-order valence-corrected chi connectivity index (χ3v) is 4.14. The average Bonchev–Trinajstić information content (AvgIpc) is 2.57. The third kappa shape index (κ3) is 9.03. The van der Waals surface area contributed by atoms with Crippen molar-refractivity contribution in [1.82, 2.24) is 5.32 Å². The minimum absolute atomic E-state index is 0.0826. The molecule has 0 spiro atoms. The normalized spacial score (nSPS) is 13.2. The maximum Gasteiger partial charge on any atom is 0.223 e. The number of hydrogen-bond acceptors (Lipinski definition) is 3. The summed E-state index contributed by atoms with van der Waals surface area (Å²) in [6, 6.07) is 9.12. The van der Waals surface area contributed by atoms with E-state index >= 15 is 0 Å². The van der Waals surface area contributed by atoms with Gasteiger partial charge in [0.25, 0.3) is 0 Å². The summed E-state index contributed by atoms with van der Waals surface area (Å²) >= 11 is 0. The second-order valence-corrected chi connectivity index (χ2v) is 6.98. The molecule has 2 atom stereocenters. The van der Waals surface area contributed by atoms with Crippen molar-refractivity contribution in [2.45, 2.75) is 58.4 Å². The quantitative estimate of drug-likeness (QED) is 0.450. The van der Waals surface area contributed by atoms with Crippen molar-refractivity contribution >= 4 is 18.1 Å². The van der Waals surface area contributed by atoms with Gasteiger partial charge in [0.2, 0.25) is 11.8 Å². The first-order valence-electron chi connectivity index (χ1n) is 9.00. The molecule has 0 radical (unpaired) electrons. The molecule has 0 saturated heterocycles. The molecule has 1 aromatic rings. The summed E-state index contributed by atoms with van der Waals surface area (Å²) in [5.41, 5.74) is 6.17. The van der Waals surface area contributed by atoms with Crippen LogP contribution < -0.4 is 11.1 Å². The van der Waals surface area contributed by atoms with E-state index in [4.69, 9.17) is 5.73 Å². The van der Waals surface area contributed by atoms with Crippen LogP contribution in [0, 0.1) is 11.8 Å². The number of amides is 2. The van der Waals surface area contributed by atoms with Gasteiger partial charge in [-0.3, -0.25) is 9.59 Å². The standard InChI is InChI=1S/C20H30N2O3/c1-15(2)12-17(10-6-7-11-19(21)24)20(25)22-18(14-23)13-16-8-4-3-5-9-16/h3-5,8-9,14-15,17-18H,6-7,10-13H2,1-2H3,(H2,21,24)(H,22,25)/t17-,18+/m0/s1. The van der Waals surface area contributed by atoms with Gasteiger partial charge >= 0.3 is 0 Å². The summed E-state index contributed by atoms with van der Waals surface area (Å²) in [4.78, 5) is 34.8. The lowest BCUT2D eigenvalue weighted by atomic mass is 9.90. The van der Waals surface area contributed by atoms with E-state index in [0.717, 1.165) is 24.7 Å². The summed E-state index contributed by atoms with van der Waals surface area (Å²) in [5.74, 6) is -0.156. The molecule has 3 N–H and O–H groups in total. The number of nitrogens with two attached hydrogens (primary N) is 1. The van der Waals surface area contributed by atoms with E-state index in [1.54, 1.807) is 0 Å². The molecule has 0 fully saturated rings. The van der Waals surface area contributed by atoms with Gasteiger partial charge in [0, 0.05) is 12.3 Å². The van der Waals surface area contributed by atoms with E-state index in [1.165, 1.54) is 0 Å². The Balaban J connectivity index is 2.58. The van der Waals surface area contributed by atoms with Crippen molar-refractivity contribution in [3.63, 3.8) is 0 Å². The van der Waals surface area contributed by atoms with Crippen LogP contribution in [0.1, 0.15) is 51.5 Å². The number of aldehydes is 1. The van der Waals surface area contributed by atoms with Crippen LogP contribution in [0.2, 0.25) is 0 Å². The van der Waals surface area contributed by atoms with Crippen molar-refractivity contribution < 1.29 is 14.4 Å². The van der Waals surface area contributed by atoms with Crippen LogP contribution in [0.15, 0.2) is 30.3 Å². The Morgan fingerprint density at radius 2 is 1.84 bits per heavy atom. The molecule has 0 aliphatic carbocycles. The molecule has 0 aliphatic heterocycles. The summed E-state index contributed by atoms with van der Waals surface area (Å²) < 4.78 is 0. The molecule has 0 saturated carbocycles. The highest BCUT2D eigenvalue weighted by Gasteiger charge is 2.22. The minimum atomic E-state index is -0.518. The first-order valence-corrected chi connectivity index (χ1v) is 9.00. The first-order chi connectivity index (χ1) is 11.9. The summed E-state index contributed by atoms with van der Waals surface area (Å²) in [6.07, 6.45) is 4.57. The van der Waals surface area contributed by atoms with Gasteiger partial charge in [-0.1, -0.05) is 50.6 Å². The second kappa shape index (κ2) is 11.4. The van der Waals surface area contributed by atoms with Gasteiger partial charge in [0.1, 0.15) is 6.29 Å². The lowest BCUT2D eigenvalue weighted by Crippen LogP contribution is -2.41. The Morgan fingerprint density at radius 1 is 1.16 bits per heavy atom. The van der Waals surface area contributed by atoms with E-state index in [2.05, 4.69) is 19.2 Å².